The summed E-state index contributed by atoms with van der Waals surface area (Å²) in [5, 5.41) is 6.53. The smallest absolute Gasteiger partial charge is 0.359 e. The van der Waals surface area contributed by atoms with Crippen LogP contribution in [0, 0.1) is 5.92 Å². The van der Waals surface area contributed by atoms with Gasteiger partial charge in [0.05, 0.1) is 18.0 Å². The van der Waals surface area contributed by atoms with Crippen LogP contribution in [-0.4, -0.2) is 11.1 Å². The number of nitrogens with zero attached hydrogens (tertiary/aromatic N) is 1. The van der Waals surface area contributed by atoms with Crippen LogP contribution in [-0.2, 0) is 17.5 Å². The summed E-state index contributed by atoms with van der Waals surface area (Å²) in [6.45, 7) is 0.157. The second-order valence-electron chi connectivity index (χ2n) is 5.27. The van der Waals surface area contributed by atoms with Crippen LogP contribution in [0.15, 0.2) is 59.2 Å². The molecule has 0 saturated heterocycles. The molecule has 1 amide bonds. The molecule has 124 valence electrons. The maximum atomic E-state index is 12.5. The Bertz CT molecular complexity index is 777. The Hall–Kier alpha value is -2.83. The minimum Gasteiger partial charge on any atom is -0.359 e. The zero-order valence-electron chi connectivity index (χ0n) is 12.4. The van der Waals surface area contributed by atoms with E-state index < -0.39 is 11.7 Å². The van der Waals surface area contributed by atoms with E-state index in [1.165, 1.54) is 12.1 Å². The molecule has 0 spiro atoms. The fraction of sp³-hybridized carbons (Fsp3) is 0.176. The van der Waals surface area contributed by atoms with Crippen LogP contribution in [0.4, 0.5) is 13.2 Å². The third-order valence-electron chi connectivity index (χ3n) is 3.55. The highest BCUT2D eigenvalue weighted by atomic mass is 19.4. The molecule has 0 aliphatic heterocycles. The molecule has 1 aromatic carbocycles. The van der Waals surface area contributed by atoms with Crippen molar-refractivity contribution in [1.29, 1.82) is 0 Å². The third kappa shape index (κ3) is 3.56. The second-order valence-corrected chi connectivity index (χ2v) is 5.27. The van der Waals surface area contributed by atoms with Crippen molar-refractivity contribution in [3.05, 3.63) is 66.0 Å². The molecule has 2 aromatic rings. The van der Waals surface area contributed by atoms with E-state index in [0.717, 1.165) is 12.1 Å². The molecule has 1 N–H and O–H groups in total. The molecule has 1 heterocycles. The van der Waals surface area contributed by atoms with Gasteiger partial charge in [-0.3, -0.25) is 4.79 Å². The molecule has 0 saturated carbocycles. The lowest BCUT2D eigenvalue weighted by Gasteiger charge is -2.06. The lowest BCUT2D eigenvalue weighted by molar-refractivity contribution is -0.137. The molecule has 24 heavy (non-hydrogen) atoms. The van der Waals surface area contributed by atoms with Crippen LogP contribution in [0.3, 0.4) is 0 Å². The monoisotopic (exact) mass is 334 g/mol. The highest BCUT2D eigenvalue weighted by Crippen LogP contribution is 2.30. The van der Waals surface area contributed by atoms with E-state index in [2.05, 4.69) is 10.5 Å². The Kier molecular flexibility index (Phi) is 4.24. The molecule has 0 atom stereocenters. The van der Waals surface area contributed by atoms with E-state index >= 15 is 0 Å². The summed E-state index contributed by atoms with van der Waals surface area (Å²) >= 11 is 0. The van der Waals surface area contributed by atoms with Crippen molar-refractivity contribution in [3.8, 4) is 11.3 Å². The van der Waals surface area contributed by atoms with E-state index in [9.17, 15) is 18.0 Å². The summed E-state index contributed by atoms with van der Waals surface area (Å²) in [7, 11) is 0. The van der Waals surface area contributed by atoms with Crippen molar-refractivity contribution in [2.75, 3.05) is 0 Å². The fourth-order valence-corrected chi connectivity index (χ4v) is 2.26. The van der Waals surface area contributed by atoms with Gasteiger partial charge in [-0.15, -0.1) is 0 Å². The SMILES string of the molecule is O=C(NCc1cc(-c2ccc(C(F)(F)F)cc2)no1)C1C=CC=C1. The highest BCUT2D eigenvalue weighted by Gasteiger charge is 2.30. The maximum absolute atomic E-state index is 12.5. The fourth-order valence-electron chi connectivity index (χ4n) is 2.26. The number of carbonyl (C=O) groups excluding carboxylic acids is 1. The normalized spacial score (nSPS) is 14.3. The van der Waals surface area contributed by atoms with Gasteiger partial charge in [0, 0.05) is 11.6 Å². The zero-order valence-corrected chi connectivity index (χ0v) is 12.4. The number of amides is 1. The largest absolute Gasteiger partial charge is 0.416 e. The van der Waals surface area contributed by atoms with Crippen LogP contribution in [0.2, 0.25) is 0 Å². The average Bonchev–Trinajstić information content (AvgIpc) is 3.23. The predicted molar refractivity (Wildman–Crippen MR) is 80.6 cm³/mol. The van der Waals surface area contributed by atoms with Crippen LogP contribution in [0.25, 0.3) is 11.3 Å². The Balaban J connectivity index is 1.64. The van der Waals surface area contributed by atoms with Crippen molar-refractivity contribution in [2.24, 2.45) is 5.92 Å². The molecule has 3 rings (SSSR count). The topological polar surface area (TPSA) is 55.1 Å². The van der Waals surface area contributed by atoms with Gasteiger partial charge >= 0.3 is 6.18 Å². The number of allylic oxidation sites excluding steroid dienone is 2. The Morgan fingerprint density at radius 1 is 1.17 bits per heavy atom. The summed E-state index contributed by atoms with van der Waals surface area (Å²) in [4.78, 5) is 11.8. The number of benzene rings is 1. The lowest BCUT2D eigenvalue weighted by atomic mass is 10.1. The Morgan fingerprint density at radius 3 is 2.46 bits per heavy atom. The second kappa shape index (κ2) is 6.35. The standard InChI is InChI=1S/C17H13F3N2O2/c18-17(19,20)13-7-5-11(6-8-13)15-9-14(24-22-15)10-21-16(23)12-3-1-2-4-12/h1-9,12H,10H2,(H,21,23). The summed E-state index contributed by atoms with van der Waals surface area (Å²) in [5.74, 6) is -0.0287. The van der Waals surface area contributed by atoms with Crippen molar-refractivity contribution < 1.29 is 22.5 Å². The molecule has 0 unspecified atom stereocenters. The van der Waals surface area contributed by atoms with Gasteiger partial charge in [-0.1, -0.05) is 41.6 Å². The Labute approximate surface area is 135 Å². The number of carbonyl (C=O) groups is 1. The van der Waals surface area contributed by atoms with E-state index in [1.54, 1.807) is 30.4 Å². The number of alkyl halides is 3. The first-order chi connectivity index (χ1) is 11.4. The quantitative estimate of drug-likeness (QED) is 0.927. The number of hydrogen-bond donors (Lipinski definition) is 1. The van der Waals surface area contributed by atoms with Gasteiger partial charge in [-0.2, -0.15) is 13.2 Å². The predicted octanol–water partition coefficient (Wildman–Crippen LogP) is 3.72. The first-order valence-electron chi connectivity index (χ1n) is 7.19. The number of halogens is 3. The van der Waals surface area contributed by atoms with Crippen molar-refractivity contribution >= 4 is 5.91 Å². The van der Waals surface area contributed by atoms with E-state index in [1.807, 2.05) is 0 Å². The molecule has 1 aliphatic carbocycles. The number of nitrogens with one attached hydrogen (secondary N) is 1. The number of rotatable bonds is 4. The molecule has 0 fully saturated rings. The van der Waals surface area contributed by atoms with Gasteiger partial charge in [0.2, 0.25) is 5.91 Å². The van der Waals surface area contributed by atoms with Gasteiger partial charge in [-0.25, -0.2) is 0 Å². The van der Waals surface area contributed by atoms with Crippen molar-refractivity contribution in [1.82, 2.24) is 10.5 Å². The van der Waals surface area contributed by atoms with Gasteiger partial charge in [-0.05, 0) is 12.1 Å². The van der Waals surface area contributed by atoms with Crippen LogP contribution in [0.5, 0.6) is 0 Å². The summed E-state index contributed by atoms with van der Waals surface area (Å²) in [6.07, 6.45) is 2.75. The molecule has 0 bridgehead atoms. The van der Waals surface area contributed by atoms with E-state index in [4.69, 9.17) is 4.52 Å². The number of hydrogen-bond acceptors (Lipinski definition) is 3. The Morgan fingerprint density at radius 2 is 1.83 bits per heavy atom. The molecule has 4 nitrogen and oxygen atoms in total. The van der Waals surface area contributed by atoms with Crippen LogP contribution < -0.4 is 5.32 Å². The van der Waals surface area contributed by atoms with Gasteiger partial charge < -0.3 is 9.84 Å². The third-order valence-corrected chi connectivity index (χ3v) is 3.55. The number of aromatic nitrogens is 1. The summed E-state index contributed by atoms with van der Waals surface area (Å²) in [6, 6.07) is 6.23. The van der Waals surface area contributed by atoms with Crippen LogP contribution in [0.1, 0.15) is 11.3 Å². The lowest BCUT2D eigenvalue weighted by Crippen LogP contribution is -2.27. The van der Waals surface area contributed by atoms with Crippen molar-refractivity contribution in [2.45, 2.75) is 12.7 Å². The average molecular weight is 334 g/mol. The molecular formula is C17H13F3N2O2. The van der Waals surface area contributed by atoms with E-state index in [0.29, 0.717) is 17.0 Å². The first kappa shape index (κ1) is 16.0. The molecular weight excluding hydrogens is 321 g/mol. The van der Waals surface area contributed by atoms with Crippen LogP contribution >= 0.6 is 0 Å². The summed E-state index contributed by atoms with van der Waals surface area (Å²) in [5.41, 5.74) is 0.194. The van der Waals surface area contributed by atoms with Gasteiger partial charge in [0.1, 0.15) is 5.69 Å². The van der Waals surface area contributed by atoms with Gasteiger partial charge in [0.15, 0.2) is 5.76 Å². The molecule has 0 radical (unpaired) electrons. The first-order valence-corrected chi connectivity index (χ1v) is 7.19. The zero-order chi connectivity index (χ0) is 17.2. The minimum absolute atomic E-state index is 0.157. The van der Waals surface area contributed by atoms with Gasteiger partial charge in [0.25, 0.3) is 0 Å². The maximum Gasteiger partial charge on any atom is 0.416 e. The minimum atomic E-state index is -4.37. The molecule has 1 aliphatic rings. The highest BCUT2D eigenvalue weighted by molar-refractivity contribution is 5.83. The molecule has 1 aromatic heterocycles. The van der Waals surface area contributed by atoms with Crippen molar-refractivity contribution in [3.63, 3.8) is 0 Å². The summed E-state index contributed by atoms with van der Waals surface area (Å²) < 4.78 is 42.7. The molecule has 7 heteroatoms. The van der Waals surface area contributed by atoms with E-state index in [-0.39, 0.29) is 18.4 Å².